The van der Waals surface area contributed by atoms with Gasteiger partial charge in [-0.1, -0.05) is 17.7 Å². The number of hydrogen-bond donors (Lipinski definition) is 0. The number of carbonyl (C=O) groups excluding carboxylic acids is 1. The summed E-state index contributed by atoms with van der Waals surface area (Å²) in [6, 6.07) is 13.4. The SMILES string of the molecule is Cc1ccc(-n2nc(-c3ccco3)cc2C(=O)N2CCC3(CC2)OCCO3)cc1. The van der Waals surface area contributed by atoms with Crippen molar-refractivity contribution >= 4 is 5.91 Å². The molecule has 2 aliphatic rings. The number of ether oxygens (including phenoxy) is 2. The number of aryl methyl sites for hydroxylation is 1. The first-order valence-corrected chi connectivity index (χ1v) is 9.92. The molecule has 0 N–H and O–H groups in total. The van der Waals surface area contributed by atoms with E-state index in [0.717, 1.165) is 11.3 Å². The van der Waals surface area contributed by atoms with Gasteiger partial charge < -0.3 is 18.8 Å². The maximum atomic E-state index is 13.4. The van der Waals surface area contributed by atoms with E-state index in [1.807, 2.05) is 48.2 Å². The lowest BCUT2D eigenvalue weighted by Crippen LogP contribution is -2.47. The highest BCUT2D eigenvalue weighted by Crippen LogP contribution is 2.32. The molecule has 29 heavy (non-hydrogen) atoms. The van der Waals surface area contributed by atoms with Crippen molar-refractivity contribution < 1.29 is 18.7 Å². The second-order valence-electron chi connectivity index (χ2n) is 7.54. The monoisotopic (exact) mass is 393 g/mol. The zero-order valence-corrected chi connectivity index (χ0v) is 16.3. The molecule has 150 valence electrons. The highest BCUT2D eigenvalue weighted by Gasteiger charge is 2.41. The van der Waals surface area contributed by atoms with Gasteiger partial charge >= 0.3 is 0 Å². The number of likely N-dealkylation sites (tertiary alicyclic amines) is 1. The quantitative estimate of drug-likeness (QED) is 0.682. The van der Waals surface area contributed by atoms with Gasteiger partial charge in [0.1, 0.15) is 11.4 Å². The first kappa shape index (κ1) is 18.1. The van der Waals surface area contributed by atoms with E-state index in [0.29, 0.717) is 56.3 Å². The number of aromatic nitrogens is 2. The minimum atomic E-state index is -0.507. The van der Waals surface area contributed by atoms with Crippen molar-refractivity contribution in [1.29, 1.82) is 0 Å². The number of hydrogen-bond acceptors (Lipinski definition) is 5. The predicted molar refractivity (Wildman–Crippen MR) is 106 cm³/mol. The second kappa shape index (κ2) is 7.17. The molecule has 0 saturated carbocycles. The largest absolute Gasteiger partial charge is 0.463 e. The van der Waals surface area contributed by atoms with E-state index in [9.17, 15) is 4.79 Å². The zero-order valence-electron chi connectivity index (χ0n) is 16.3. The van der Waals surface area contributed by atoms with Crippen molar-refractivity contribution in [2.75, 3.05) is 26.3 Å². The third-order valence-corrected chi connectivity index (χ3v) is 5.61. The van der Waals surface area contributed by atoms with Crippen LogP contribution in [0.3, 0.4) is 0 Å². The molecule has 0 bridgehead atoms. The number of carbonyl (C=O) groups is 1. The van der Waals surface area contributed by atoms with Gasteiger partial charge in [-0.15, -0.1) is 0 Å². The summed E-state index contributed by atoms with van der Waals surface area (Å²) < 4.78 is 18.8. The normalized spacial score (nSPS) is 18.4. The van der Waals surface area contributed by atoms with Gasteiger partial charge in [-0.2, -0.15) is 5.10 Å². The average Bonchev–Trinajstić information content (AvgIpc) is 3.49. The van der Waals surface area contributed by atoms with Gasteiger partial charge in [-0.05, 0) is 31.2 Å². The fourth-order valence-corrected chi connectivity index (χ4v) is 3.96. The molecule has 1 amide bonds. The summed E-state index contributed by atoms with van der Waals surface area (Å²) in [6.07, 6.45) is 2.97. The average molecular weight is 393 g/mol. The van der Waals surface area contributed by atoms with Crippen molar-refractivity contribution in [2.24, 2.45) is 0 Å². The molecule has 2 fully saturated rings. The molecule has 7 heteroatoms. The van der Waals surface area contributed by atoms with Crippen molar-refractivity contribution in [3.8, 4) is 17.1 Å². The van der Waals surface area contributed by atoms with E-state index in [1.54, 1.807) is 17.0 Å². The second-order valence-corrected chi connectivity index (χ2v) is 7.54. The molecule has 2 aromatic heterocycles. The Morgan fingerprint density at radius 1 is 1.07 bits per heavy atom. The van der Waals surface area contributed by atoms with Crippen molar-refractivity contribution in [3.05, 3.63) is 60.0 Å². The molecule has 2 aliphatic heterocycles. The number of rotatable bonds is 3. The Morgan fingerprint density at radius 3 is 2.45 bits per heavy atom. The molecule has 2 saturated heterocycles. The van der Waals surface area contributed by atoms with Gasteiger partial charge in [0.05, 0.1) is 25.2 Å². The summed E-state index contributed by atoms with van der Waals surface area (Å²) in [6.45, 7) is 4.47. The number of furan rings is 1. The van der Waals surface area contributed by atoms with Crippen LogP contribution in [0.1, 0.15) is 28.9 Å². The summed E-state index contributed by atoms with van der Waals surface area (Å²) >= 11 is 0. The molecule has 5 rings (SSSR count). The van der Waals surface area contributed by atoms with Crippen LogP contribution in [0.2, 0.25) is 0 Å². The predicted octanol–water partition coefficient (Wildman–Crippen LogP) is 3.42. The van der Waals surface area contributed by atoms with Crippen LogP contribution in [0.5, 0.6) is 0 Å². The fourth-order valence-electron chi connectivity index (χ4n) is 3.96. The van der Waals surface area contributed by atoms with Crippen LogP contribution < -0.4 is 0 Å². The van der Waals surface area contributed by atoms with E-state index >= 15 is 0 Å². The molecule has 3 aromatic rings. The lowest BCUT2D eigenvalue weighted by atomic mass is 10.0. The lowest BCUT2D eigenvalue weighted by molar-refractivity contribution is -0.181. The van der Waals surface area contributed by atoms with E-state index in [2.05, 4.69) is 5.10 Å². The van der Waals surface area contributed by atoms with E-state index in [1.165, 1.54) is 0 Å². The van der Waals surface area contributed by atoms with E-state index in [4.69, 9.17) is 13.9 Å². The molecule has 4 heterocycles. The van der Waals surface area contributed by atoms with Crippen LogP contribution in [0.25, 0.3) is 17.1 Å². The molecule has 1 aromatic carbocycles. The van der Waals surface area contributed by atoms with Crippen molar-refractivity contribution in [3.63, 3.8) is 0 Å². The van der Waals surface area contributed by atoms with Crippen molar-refractivity contribution in [1.82, 2.24) is 14.7 Å². The third-order valence-electron chi connectivity index (χ3n) is 5.61. The maximum absolute atomic E-state index is 13.4. The van der Waals surface area contributed by atoms with Crippen LogP contribution in [-0.2, 0) is 9.47 Å². The molecule has 0 aliphatic carbocycles. The first-order valence-electron chi connectivity index (χ1n) is 9.92. The van der Waals surface area contributed by atoms with Crippen LogP contribution in [-0.4, -0.2) is 52.7 Å². The molecular formula is C22H23N3O4. The van der Waals surface area contributed by atoms with Crippen molar-refractivity contribution in [2.45, 2.75) is 25.6 Å². The van der Waals surface area contributed by atoms with Crippen LogP contribution >= 0.6 is 0 Å². The van der Waals surface area contributed by atoms with Gasteiger partial charge in [-0.3, -0.25) is 4.79 Å². The third kappa shape index (κ3) is 3.36. The van der Waals surface area contributed by atoms with E-state index < -0.39 is 5.79 Å². The Kier molecular flexibility index (Phi) is 4.49. The van der Waals surface area contributed by atoms with Gasteiger partial charge in [0.2, 0.25) is 0 Å². The highest BCUT2D eigenvalue weighted by molar-refractivity contribution is 5.94. The Balaban J connectivity index is 1.46. The summed E-state index contributed by atoms with van der Waals surface area (Å²) in [7, 11) is 0. The van der Waals surface area contributed by atoms with Gasteiger partial charge in [0.15, 0.2) is 11.5 Å². The Bertz CT molecular complexity index is 991. The summed E-state index contributed by atoms with van der Waals surface area (Å²) in [5.41, 5.74) is 3.14. The molecule has 0 radical (unpaired) electrons. The van der Waals surface area contributed by atoms with Crippen LogP contribution in [0.4, 0.5) is 0 Å². The summed E-state index contributed by atoms with van der Waals surface area (Å²) in [4.78, 5) is 15.3. The minimum absolute atomic E-state index is 0.0521. The zero-order chi connectivity index (χ0) is 19.8. The maximum Gasteiger partial charge on any atom is 0.272 e. The van der Waals surface area contributed by atoms with Gasteiger partial charge in [-0.25, -0.2) is 4.68 Å². The number of nitrogens with zero attached hydrogens (tertiary/aromatic N) is 3. The fraction of sp³-hybridized carbons (Fsp3) is 0.364. The smallest absolute Gasteiger partial charge is 0.272 e. The molecular weight excluding hydrogens is 370 g/mol. The Morgan fingerprint density at radius 2 is 1.79 bits per heavy atom. The summed E-state index contributed by atoms with van der Waals surface area (Å²) in [5.74, 6) is 0.0758. The number of benzene rings is 1. The molecule has 1 spiro atoms. The Labute approximate surface area is 168 Å². The summed E-state index contributed by atoms with van der Waals surface area (Å²) in [5, 5.41) is 4.67. The number of amides is 1. The lowest BCUT2D eigenvalue weighted by Gasteiger charge is -2.37. The van der Waals surface area contributed by atoms with Crippen LogP contribution in [0, 0.1) is 6.92 Å². The van der Waals surface area contributed by atoms with E-state index in [-0.39, 0.29) is 5.91 Å². The van der Waals surface area contributed by atoms with Gasteiger partial charge in [0, 0.05) is 32.0 Å². The molecule has 0 atom stereocenters. The molecule has 0 unspecified atom stereocenters. The van der Waals surface area contributed by atoms with Crippen LogP contribution in [0.15, 0.2) is 53.1 Å². The Hall–Kier alpha value is -2.90. The highest BCUT2D eigenvalue weighted by atomic mass is 16.7. The minimum Gasteiger partial charge on any atom is -0.463 e. The topological polar surface area (TPSA) is 69.7 Å². The number of piperidine rings is 1. The first-order chi connectivity index (χ1) is 14.1. The standard InChI is InChI=1S/C22H23N3O4/c1-16-4-6-17(7-5-16)25-19(15-18(23-25)20-3-2-12-27-20)21(26)24-10-8-22(9-11-24)28-13-14-29-22/h2-7,12,15H,8-11,13-14H2,1H3. The molecule has 7 nitrogen and oxygen atoms in total. The van der Waals surface area contributed by atoms with Gasteiger partial charge in [0.25, 0.3) is 5.91 Å².